The third kappa shape index (κ3) is 2.41. The predicted octanol–water partition coefficient (Wildman–Crippen LogP) is 2.42. The number of nitrogens with zero attached hydrogens (tertiary/aromatic N) is 1. The summed E-state index contributed by atoms with van der Waals surface area (Å²) in [5.41, 5.74) is 0.393. The van der Waals surface area contributed by atoms with Gasteiger partial charge in [-0.05, 0) is 25.7 Å². The van der Waals surface area contributed by atoms with Crippen LogP contribution in [0, 0.1) is 5.92 Å². The van der Waals surface area contributed by atoms with Crippen molar-refractivity contribution in [1.82, 2.24) is 4.98 Å². The first-order valence-electron chi connectivity index (χ1n) is 5.41. The van der Waals surface area contributed by atoms with Crippen LogP contribution in [-0.4, -0.2) is 24.7 Å². The van der Waals surface area contributed by atoms with E-state index in [4.69, 9.17) is 9.47 Å². The summed E-state index contributed by atoms with van der Waals surface area (Å²) in [7, 11) is 1.69. The van der Waals surface area contributed by atoms with Gasteiger partial charge in [0.25, 0.3) is 0 Å². The Hall–Kier alpha value is -0.940. The van der Waals surface area contributed by atoms with E-state index >= 15 is 0 Å². The molecule has 0 saturated heterocycles. The quantitative estimate of drug-likeness (QED) is 0.743. The smallest absolute Gasteiger partial charge is 0.357 e. The number of aromatic nitrogens is 1. The van der Waals surface area contributed by atoms with Crippen LogP contribution >= 0.6 is 11.3 Å². The number of ether oxygens (including phenoxy) is 2. The lowest BCUT2D eigenvalue weighted by Gasteiger charge is -2.10. The Morgan fingerprint density at radius 1 is 1.69 bits per heavy atom. The predicted molar refractivity (Wildman–Crippen MR) is 60.5 cm³/mol. The molecule has 1 aromatic heterocycles. The number of hydrogen-bond donors (Lipinski definition) is 0. The van der Waals surface area contributed by atoms with Crippen LogP contribution in [0.4, 0.5) is 0 Å². The van der Waals surface area contributed by atoms with Crippen molar-refractivity contribution < 1.29 is 14.3 Å². The van der Waals surface area contributed by atoms with E-state index in [2.05, 4.69) is 4.98 Å². The standard InChI is InChI=1S/C11H15NO3S/c1-3-15-11(13)8-6-16-10(12-8)9(14-2)7-4-5-7/h6-7,9H,3-5H2,1-2H3. The molecule has 0 bridgehead atoms. The zero-order valence-corrected chi connectivity index (χ0v) is 10.3. The van der Waals surface area contributed by atoms with Crippen molar-refractivity contribution in [2.24, 2.45) is 5.92 Å². The van der Waals surface area contributed by atoms with Gasteiger partial charge in [0.1, 0.15) is 11.1 Å². The summed E-state index contributed by atoms with van der Waals surface area (Å²) in [6.07, 6.45) is 2.42. The maximum absolute atomic E-state index is 11.4. The topological polar surface area (TPSA) is 48.4 Å². The van der Waals surface area contributed by atoms with Crippen molar-refractivity contribution in [3.8, 4) is 0 Å². The highest BCUT2D eigenvalue weighted by molar-refractivity contribution is 7.09. The highest BCUT2D eigenvalue weighted by atomic mass is 32.1. The molecule has 1 unspecified atom stereocenters. The highest BCUT2D eigenvalue weighted by Crippen LogP contribution is 2.43. The summed E-state index contributed by atoms with van der Waals surface area (Å²) in [5, 5.41) is 2.62. The van der Waals surface area contributed by atoms with E-state index in [1.807, 2.05) is 0 Å². The molecule has 4 nitrogen and oxygen atoms in total. The molecule has 0 amide bonds. The second kappa shape index (κ2) is 4.93. The molecule has 1 heterocycles. The van der Waals surface area contributed by atoms with Crippen molar-refractivity contribution in [3.05, 3.63) is 16.1 Å². The minimum Gasteiger partial charge on any atom is -0.461 e. The second-order valence-corrected chi connectivity index (χ2v) is 4.67. The molecule has 0 aromatic carbocycles. The van der Waals surface area contributed by atoms with E-state index in [0.717, 1.165) is 5.01 Å². The Morgan fingerprint density at radius 2 is 2.44 bits per heavy atom. The summed E-state index contributed by atoms with van der Waals surface area (Å²) in [6.45, 7) is 2.16. The number of esters is 1. The van der Waals surface area contributed by atoms with Crippen LogP contribution in [0.2, 0.25) is 0 Å². The van der Waals surface area contributed by atoms with Crippen LogP contribution in [0.25, 0.3) is 0 Å². The van der Waals surface area contributed by atoms with Gasteiger partial charge >= 0.3 is 5.97 Å². The normalized spacial score (nSPS) is 17.1. The van der Waals surface area contributed by atoms with Gasteiger partial charge in [-0.25, -0.2) is 9.78 Å². The van der Waals surface area contributed by atoms with Gasteiger partial charge in [0.15, 0.2) is 5.69 Å². The maximum atomic E-state index is 11.4. The lowest BCUT2D eigenvalue weighted by molar-refractivity contribution is 0.0517. The van der Waals surface area contributed by atoms with Crippen molar-refractivity contribution in [2.45, 2.75) is 25.9 Å². The Kier molecular flexibility index (Phi) is 3.56. The van der Waals surface area contributed by atoms with Gasteiger partial charge in [0, 0.05) is 12.5 Å². The summed E-state index contributed by atoms with van der Waals surface area (Å²) >= 11 is 1.47. The van der Waals surface area contributed by atoms with Gasteiger partial charge in [-0.2, -0.15) is 0 Å². The Labute approximate surface area is 98.6 Å². The number of carbonyl (C=O) groups excluding carboxylic acids is 1. The molecule has 1 aliphatic rings. The number of methoxy groups -OCH3 is 1. The zero-order valence-electron chi connectivity index (χ0n) is 9.43. The monoisotopic (exact) mass is 241 g/mol. The molecule has 1 fully saturated rings. The van der Waals surface area contributed by atoms with Crippen molar-refractivity contribution in [2.75, 3.05) is 13.7 Å². The van der Waals surface area contributed by atoms with Gasteiger partial charge in [-0.1, -0.05) is 0 Å². The summed E-state index contributed by atoms with van der Waals surface area (Å²) in [4.78, 5) is 15.7. The molecule has 1 atom stereocenters. The molecular formula is C11H15NO3S. The number of thiazole rings is 1. The van der Waals surface area contributed by atoms with Crippen LogP contribution < -0.4 is 0 Å². The van der Waals surface area contributed by atoms with Gasteiger partial charge < -0.3 is 9.47 Å². The molecule has 1 aliphatic carbocycles. The van der Waals surface area contributed by atoms with E-state index in [1.165, 1.54) is 24.2 Å². The number of carbonyl (C=O) groups is 1. The molecular weight excluding hydrogens is 226 g/mol. The maximum Gasteiger partial charge on any atom is 0.357 e. The van der Waals surface area contributed by atoms with E-state index in [1.54, 1.807) is 19.4 Å². The Morgan fingerprint density at radius 3 is 3.00 bits per heavy atom. The van der Waals surface area contributed by atoms with Crippen molar-refractivity contribution >= 4 is 17.3 Å². The van der Waals surface area contributed by atoms with E-state index in [-0.39, 0.29) is 12.1 Å². The van der Waals surface area contributed by atoms with Crippen LogP contribution in [0.15, 0.2) is 5.38 Å². The number of rotatable bonds is 5. The molecule has 88 valence electrons. The largest absolute Gasteiger partial charge is 0.461 e. The third-order valence-corrected chi connectivity index (χ3v) is 3.46. The third-order valence-electron chi connectivity index (χ3n) is 2.55. The first kappa shape index (κ1) is 11.5. The highest BCUT2D eigenvalue weighted by Gasteiger charge is 2.34. The van der Waals surface area contributed by atoms with Gasteiger partial charge in [-0.15, -0.1) is 11.3 Å². The average Bonchev–Trinajstić information content (AvgIpc) is 2.97. The van der Waals surface area contributed by atoms with Crippen LogP contribution in [0.5, 0.6) is 0 Å². The van der Waals surface area contributed by atoms with Gasteiger partial charge in [0.2, 0.25) is 0 Å². The van der Waals surface area contributed by atoms with E-state index in [0.29, 0.717) is 18.2 Å². The Bertz CT molecular complexity index is 373. The van der Waals surface area contributed by atoms with Crippen LogP contribution in [0.3, 0.4) is 0 Å². The van der Waals surface area contributed by atoms with Crippen molar-refractivity contribution in [1.29, 1.82) is 0 Å². The molecule has 0 radical (unpaired) electrons. The summed E-state index contributed by atoms with van der Waals surface area (Å²) in [5.74, 6) is 0.224. The Balaban J connectivity index is 2.08. The lowest BCUT2D eigenvalue weighted by Crippen LogP contribution is -2.07. The molecule has 0 spiro atoms. The fraction of sp³-hybridized carbons (Fsp3) is 0.636. The second-order valence-electron chi connectivity index (χ2n) is 3.79. The lowest BCUT2D eigenvalue weighted by atomic mass is 10.2. The average molecular weight is 241 g/mol. The van der Waals surface area contributed by atoms with Gasteiger partial charge in [0.05, 0.1) is 6.61 Å². The molecule has 0 aliphatic heterocycles. The fourth-order valence-electron chi connectivity index (χ4n) is 1.61. The first-order valence-corrected chi connectivity index (χ1v) is 6.29. The van der Waals surface area contributed by atoms with Gasteiger partial charge in [-0.3, -0.25) is 0 Å². The van der Waals surface area contributed by atoms with E-state index in [9.17, 15) is 4.79 Å². The molecule has 1 aromatic rings. The van der Waals surface area contributed by atoms with Crippen LogP contribution in [-0.2, 0) is 9.47 Å². The molecule has 1 saturated carbocycles. The molecule has 16 heavy (non-hydrogen) atoms. The summed E-state index contributed by atoms with van der Waals surface area (Å²) < 4.78 is 10.3. The fourth-order valence-corrected chi connectivity index (χ4v) is 2.57. The molecule has 2 rings (SSSR count). The van der Waals surface area contributed by atoms with E-state index < -0.39 is 0 Å². The first-order chi connectivity index (χ1) is 7.76. The number of hydrogen-bond acceptors (Lipinski definition) is 5. The minimum atomic E-state index is -0.351. The minimum absolute atomic E-state index is 0.0492. The molecule has 0 N–H and O–H groups in total. The van der Waals surface area contributed by atoms with Crippen molar-refractivity contribution in [3.63, 3.8) is 0 Å². The van der Waals surface area contributed by atoms with Crippen LogP contribution in [0.1, 0.15) is 41.4 Å². The zero-order chi connectivity index (χ0) is 11.5. The molecule has 5 heteroatoms. The summed E-state index contributed by atoms with van der Waals surface area (Å²) in [6, 6.07) is 0. The SMILES string of the molecule is CCOC(=O)c1csc(C(OC)C2CC2)n1.